The third-order valence-corrected chi connectivity index (χ3v) is 2.52. The van der Waals surface area contributed by atoms with Crippen LogP contribution in [0.4, 0.5) is 5.69 Å². The molecule has 0 aliphatic rings. The van der Waals surface area contributed by atoms with Crippen LogP contribution >= 0.6 is 0 Å². The van der Waals surface area contributed by atoms with Crippen molar-refractivity contribution >= 4 is 17.4 Å². The van der Waals surface area contributed by atoms with Crippen LogP contribution in [0, 0.1) is 11.3 Å². The van der Waals surface area contributed by atoms with Gasteiger partial charge in [-0.3, -0.25) is 4.79 Å². The molecule has 0 radical (unpaired) electrons. The highest BCUT2D eigenvalue weighted by Gasteiger charge is 2.06. The smallest absolute Gasteiger partial charge is 0.338 e. The molecule has 0 bridgehead atoms. The zero-order valence-corrected chi connectivity index (χ0v) is 11.9. The number of benzene rings is 1. The van der Waals surface area contributed by atoms with Crippen LogP contribution < -0.4 is 5.32 Å². The average Bonchev–Trinajstić information content (AvgIpc) is 2.48. The van der Waals surface area contributed by atoms with Gasteiger partial charge in [-0.25, -0.2) is 4.79 Å². The van der Waals surface area contributed by atoms with Crippen LogP contribution in [-0.4, -0.2) is 32.1 Å². The van der Waals surface area contributed by atoms with E-state index >= 15 is 0 Å². The number of carbonyl (C=O) groups excluding carboxylic acids is 2. The SMILES string of the molecule is COCCOC(=O)c1ccc(N/C=C(\C#N)C(C)=O)cc1. The molecule has 0 aromatic heterocycles. The summed E-state index contributed by atoms with van der Waals surface area (Å²) in [4.78, 5) is 22.7. The van der Waals surface area contributed by atoms with E-state index in [1.54, 1.807) is 30.3 Å². The lowest BCUT2D eigenvalue weighted by molar-refractivity contribution is -0.113. The first-order chi connectivity index (χ1) is 10.1. The molecule has 0 fully saturated rings. The van der Waals surface area contributed by atoms with Crippen LogP contribution in [0.3, 0.4) is 0 Å². The molecule has 21 heavy (non-hydrogen) atoms. The molecule has 0 aliphatic heterocycles. The molecular weight excluding hydrogens is 272 g/mol. The number of methoxy groups -OCH3 is 1. The third kappa shape index (κ3) is 5.47. The van der Waals surface area contributed by atoms with Gasteiger partial charge in [0.1, 0.15) is 18.2 Å². The number of nitrogens with one attached hydrogen (secondary N) is 1. The Morgan fingerprint density at radius 2 is 1.95 bits per heavy atom. The summed E-state index contributed by atoms with van der Waals surface area (Å²) in [6.45, 7) is 1.86. The Morgan fingerprint density at radius 1 is 1.29 bits per heavy atom. The quantitative estimate of drug-likeness (QED) is 0.357. The minimum atomic E-state index is -0.435. The van der Waals surface area contributed by atoms with E-state index in [1.807, 2.05) is 0 Å². The van der Waals surface area contributed by atoms with Crippen molar-refractivity contribution < 1.29 is 19.1 Å². The first-order valence-electron chi connectivity index (χ1n) is 6.22. The molecule has 0 atom stereocenters. The first-order valence-corrected chi connectivity index (χ1v) is 6.22. The largest absolute Gasteiger partial charge is 0.460 e. The summed E-state index contributed by atoms with van der Waals surface area (Å²) in [6, 6.07) is 8.27. The Labute approximate surface area is 123 Å². The fraction of sp³-hybridized carbons (Fsp3) is 0.267. The summed E-state index contributed by atoms with van der Waals surface area (Å²) in [7, 11) is 1.53. The van der Waals surface area contributed by atoms with Crippen molar-refractivity contribution in [2.75, 3.05) is 25.6 Å². The molecule has 0 saturated carbocycles. The van der Waals surface area contributed by atoms with Gasteiger partial charge in [0, 0.05) is 19.0 Å². The number of Topliss-reactive ketones (excluding diaryl/α,β-unsaturated/α-hetero) is 1. The van der Waals surface area contributed by atoms with E-state index in [2.05, 4.69) is 5.32 Å². The van der Waals surface area contributed by atoms with Crippen LogP contribution in [0.25, 0.3) is 0 Å². The predicted molar refractivity (Wildman–Crippen MR) is 76.6 cm³/mol. The second-order valence-electron chi connectivity index (χ2n) is 4.08. The number of rotatable bonds is 7. The van der Waals surface area contributed by atoms with Crippen molar-refractivity contribution in [2.24, 2.45) is 0 Å². The van der Waals surface area contributed by atoms with Crippen molar-refractivity contribution in [1.29, 1.82) is 5.26 Å². The van der Waals surface area contributed by atoms with Gasteiger partial charge in [-0.2, -0.15) is 5.26 Å². The Kier molecular flexibility index (Phi) is 6.65. The number of ketones is 1. The summed E-state index contributed by atoms with van der Waals surface area (Å²) >= 11 is 0. The van der Waals surface area contributed by atoms with Gasteiger partial charge in [0.05, 0.1) is 12.2 Å². The number of ether oxygens (including phenoxy) is 2. The van der Waals surface area contributed by atoms with Crippen molar-refractivity contribution in [1.82, 2.24) is 0 Å². The van der Waals surface area contributed by atoms with Gasteiger partial charge in [-0.15, -0.1) is 0 Å². The molecule has 1 N–H and O–H groups in total. The highest BCUT2D eigenvalue weighted by Crippen LogP contribution is 2.11. The molecule has 0 unspecified atom stereocenters. The van der Waals surface area contributed by atoms with E-state index < -0.39 is 5.97 Å². The molecule has 6 nitrogen and oxygen atoms in total. The molecule has 0 heterocycles. The second kappa shape index (κ2) is 8.51. The standard InChI is InChI=1S/C15H16N2O4/c1-11(18)13(9-16)10-17-14-5-3-12(4-6-14)15(19)21-8-7-20-2/h3-6,10,17H,7-8H2,1-2H3/b13-10+. The van der Waals surface area contributed by atoms with Crippen LogP contribution in [0.1, 0.15) is 17.3 Å². The van der Waals surface area contributed by atoms with E-state index in [1.165, 1.54) is 20.2 Å². The molecule has 0 saturated heterocycles. The lowest BCUT2D eigenvalue weighted by Gasteiger charge is -2.05. The van der Waals surface area contributed by atoms with E-state index in [0.29, 0.717) is 17.9 Å². The predicted octanol–water partition coefficient (Wildman–Crippen LogP) is 1.90. The molecular formula is C15H16N2O4. The van der Waals surface area contributed by atoms with Crippen LogP contribution in [0.2, 0.25) is 0 Å². The highest BCUT2D eigenvalue weighted by molar-refractivity contribution is 5.97. The minimum absolute atomic E-state index is 0.0260. The van der Waals surface area contributed by atoms with Crippen molar-refractivity contribution in [3.63, 3.8) is 0 Å². The molecule has 6 heteroatoms. The Bertz CT molecular complexity index is 570. The van der Waals surface area contributed by atoms with E-state index in [-0.39, 0.29) is 18.0 Å². The normalized spacial score (nSPS) is 10.6. The van der Waals surface area contributed by atoms with Gasteiger partial charge in [0.25, 0.3) is 0 Å². The molecule has 1 aromatic rings. The Hall–Kier alpha value is -2.65. The van der Waals surface area contributed by atoms with Crippen LogP contribution in [-0.2, 0) is 14.3 Å². The lowest BCUT2D eigenvalue weighted by Crippen LogP contribution is -2.09. The number of carbonyl (C=O) groups is 2. The van der Waals surface area contributed by atoms with Gasteiger partial charge >= 0.3 is 5.97 Å². The topological polar surface area (TPSA) is 88.4 Å². The van der Waals surface area contributed by atoms with Crippen LogP contribution in [0.15, 0.2) is 36.0 Å². The summed E-state index contributed by atoms with van der Waals surface area (Å²) < 4.78 is 9.76. The molecule has 110 valence electrons. The van der Waals surface area contributed by atoms with E-state index in [4.69, 9.17) is 14.7 Å². The van der Waals surface area contributed by atoms with Gasteiger partial charge < -0.3 is 14.8 Å². The van der Waals surface area contributed by atoms with Gasteiger partial charge in [0.2, 0.25) is 0 Å². The van der Waals surface area contributed by atoms with Crippen LogP contribution in [0.5, 0.6) is 0 Å². The number of nitriles is 1. The number of hydrogen-bond donors (Lipinski definition) is 1. The van der Waals surface area contributed by atoms with Crippen molar-refractivity contribution in [3.8, 4) is 6.07 Å². The maximum Gasteiger partial charge on any atom is 0.338 e. The Balaban J connectivity index is 2.64. The fourth-order valence-corrected chi connectivity index (χ4v) is 1.37. The number of esters is 1. The zero-order chi connectivity index (χ0) is 15.7. The zero-order valence-electron chi connectivity index (χ0n) is 11.9. The van der Waals surface area contributed by atoms with E-state index in [9.17, 15) is 9.59 Å². The van der Waals surface area contributed by atoms with Gasteiger partial charge in [-0.05, 0) is 31.2 Å². The number of anilines is 1. The number of nitrogens with zero attached hydrogens (tertiary/aromatic N) is 1. The third-order valence-electron chi connectivity index (χ3n) is 2.52. The van der Waals surface area contributed by atoms with Gasteiger partial charge in [0.15, 0.2) is 5.78 Å². The molecule has 0 spiro atoms. The highest BCUT2D eigenvalue weighted by atomic mass is 16.6. The van der Waals surface area contributed by atoms with Crippen molar-refractivity contribution in [2.45, 2.75) is 6.92 Å². The number of allylic oxidation sites excluding steroid dienone is 1. The molecule has 0 aliphatic carbocycles. The Morgan fingerprint density at radius 3 is 2.48 bits per heavy atom. The van der Waals surface area contributed by atoms with Gasteiger partial charge in [-0.1, -0.05) is 0 Å². The first kappa shape index (κ1) is 16.4. The fourth-order valence-electron chi connectivity index (χ4n) is 1.37. The summed E-state index contributed by atoms with van der Waals surface area (Å²) in [5.74, 6) is -0.751. The average molecular weight is 288 g/mol. The summed E-state index contributed by atoms with van der Waals surface area (Å²) in [5.41, 5.74) is 1.09. The maximum absolute atomic E-state index is 11.6. The maximum atomic E-state index is 11.6. The lowest BCUT2D eigenvalue weighted by atomic mass is 10.2. The molecule has 1 aromatic carbocycles. The summed E-state index contributed by atoms with van der Waals surface area (Å²) in [6.07, 6.45) is 1.33. The molecule has 0 amide bonds. The van der Waals surface area contributed by atoms with E-state index in [0.717, 1.165) is 0 Å². The molecule has 1 rings (SSSR count). The number of hydrogen-bond acceptors (Lipinski definition) is 6. The second-order valence-corrected chi connectivity index (χ2v) is 4.08. The monoisotopic (exact) mass is 288 g/mol. The summed E-state index contributed by atoms with van der Waals surface area (Å²) in [5, 5.41) is 11.6. The minimum Gasteiger partial charge on any atom is -0.460 e. The van der Waals surface area contributed by atoms with Crippen molar-refractivity contribution in [3.05, 3.63) is 41.6 Å².